The van der Waals surface area contributed by atoms with E-state index in [0.717, 1.165) is 0 Å². The summed E-state index contributed by atoms with van der Waals surface area (Å²) in [6.45, 7) is 0. The minimum Gasteiger partial charge on any atom is -0.550 e. The van der Waals surface area contributed by atoms with Crippen LogP contribution >= 0.6 is 12.6 Å². The van der Waals surface area contributed by atoms with E-state index in [1.165, 1.54) is 0 Å². The molecule has 0 aromatic heterocycles. The third-order valence-corrected chi connectivity index (χ3v) is 1.03. The topological polar surface area (TPSA) is 80.3 Å². The molecular weight excluding hydrogens is 222 g/mol. The van der Waals surface area contributed by atoms with Crippen LogP contribution in [-0.4, -0.2) is 17.2 Å². The van der Waals surface area contributed by atoms with Crippen LogP contribution in [0.2, 0.25) is 0 Å². The zero-order chi connectivity index (χ0) is 7.44. The monoisotopic (exact) mass is 226 g/mol. The van der Waals surface area contributed by atoms with E-state index < -0.39 is 23.6 Å². The molecule has 4 nitrogen and oxygen atoms in total. The number of hydrogen-bond donors (Lipinski definition) is 1. The zero-order valence-electron chi connectivity index (χ0n) is 6.36. The van der Waals surface area contributed by atoms with Crippen molar-refractivity contribution in [1.82, 2.24) is 0 Å². The van der Waals surface area contributed by atoms with Gasteiger partial charge in [0, 0.05) is 17.6 Å². The van der Waals surface area contributed by atoms with Gasteiger partial charge in [-0.25, -0.2) is 0 Å². The summed E-state index contributed by atoms with van der Waals surface area (Å²) in [5, 5.41) is 18.2. The smallest absolute Gasteiger partial charge is 0.550 e. The Hall–Kier alpha value is 2.56. The number of carboxylic acid groups (broad SMARTS) is 2. The van der Waals surface area contributed by atoms with Crippen molar-refractivity contribution in [2.45, 2.75) is 11.7 Å². The first-order valence-corrected chi connectivity index (χ1v) is 2.64. The van der Waals surface area contributed by atoms with Crippen LogP contribution in [0.5, 0.6) is 0 Å². The molecule has 0 radical (unpaired) electrons. The summed E-state index contributed by atoms with van der Waals surface area (Å²) in [6.07, 6.45) is -0.620. The van der Waals surface area contributed by atoms with Crippen molar-refractivity contribution in [1.29, 1.82) is 0 Å². The second kappa shape index (κ2) is 10.6. The molecule has 0 rings (SSSR count). The first-order chi connectivity index (χ1) is 4.04. The first kappa shape index (κ1) is 19.2. The van der Waals surface area contributed by atoms with Crippen LogP contribution < -0.4 is 113 Å². The number of aliphatic carboxylic acids is 2. The van der Waals surface area contributed by atoms with Crippen molar-refractivity contribution in [2.24, 2.45) is 0 Å². The van der Waals surface area contributed by atoms with Gasteiger partial charge < -0.3 is 19.8 Å². The third-order valence-electron chi connectivity index (χ3n) is 0.632. The van der Waals surface area contributed by atoms with Gasteiger partial charge in [-0.2, -0.15) is 12.6 Å². The minimum atomic E-state index is -1.50. The van der Waals surface area contributed by atoms with Crippen LogP contribution in [0.15, 0.2) is 0 Å². The zero-order valence-corrected chi connectivity index (χ0v) is 13.5. The Morgan fingerprint density at radius 2 is 1.64 bits per heavy atom. The molecule has 0 aromatic carbocycles. The molecule has 7 heteroatoms. The average molecular weight is 226 g/mol. The summed E-state index contributed by atoms with van der Waals surface area (Å²) in [7, 11) is 0. The summed E-state index contributed by atoms with van der Waals surface area (Å²) in [5.41, 5.74) is 0. The number of hydrogen-bond acceptors (Lipinski definition) is 5. The molecule has 0 aliphatic rings. The summed E-state index contributed by atoms with van der Waals surface area (Å²) >= 11 is 3.38. The molecule has 0 saturated carbocycles. The third kappa shape index (κ3) is 12.6. The van der Waals surface area contributed by atoms with Gasteiger partial charge in [-0.05, 0) is 0 Å². The number of carbonyl (C=O) groups excluding carboxylic acids is 2. The second-order valence-corrected chi connectivity index (χ2v) is 2.03. The molecule has 0 amide bonds. The fourth-order valence-electron chi connectivity index (χ4n) is 0.241. The quantitative estimate of drug-likeness (QED) is 0.383. The maximum absolute atomic E-state index is 9.76. The first-order valence-electron chi connectivity index (χ1n) is 2.13. The Bertz CT molecular complexity index is 140. The van der Waals surface area contributed by atoms with Gasteiger partial charge in [-0.3, -0.25) is 0 Å². The molecule has 0 heterocycles. The Morgan fingerprint density at radius 3 is 1.73 bits per heavy atom. The predicted octanol–water partition coefficient (Wildman–Crippen LogP) is -8.82. The van der Waals surface area contributed by atoms with Crippen molar-refractivity contribution in [3.05, 3.63) is 0 Å². The molecule has 11 heavy (non-hydrogen) atoms. The van der Waals surface area contributed by atoms with Crippen molar-refractivity contribution >= 4 is 24.6 Å². The number of carboxylic acids is 2. The summed E-state index contributed by atoms with van der Waals surface area (Å²) in [6, 6.07) is 0. The van der Waals surface area contributed by atoms with Gasteiger partial charge >= 0.3 is 103 Å². The molecule has 0 aliphatic heterocycles. The van der Waals surface area contributed by atoms with E-state index in [4.69, 9.17) is 0 Å². The van der Waals surface area contributed by atoms with Crippen LogP contribution in [0.25, 0.3) is 0 Å². The van der Waals surface area contributed by atoms with E-state index in [9.17, 15) is 19.8 Å². The summed E-state index contributed by atoms with van der Waals surface area (Å²) in [5.74, 6) is -2.94. The Kier molecular flexibility index (Phi) is 18.6. The molecule has 0 fully saturated rings. The summed E-state index contributed by atoms with van der Waals surface area (Å²) < 4.78 is 0. The fraction of sp³-hybridized carbons (Fsp3) is 0.500. The van der Waals surface area contributed by atoms with Crippen molar-refractivity contribution in [3.63, 3.8) is 0 Å². The molecule has 0 saturated heterocycles. The molecule has 0 spiro atoms. The van der Waals surface area contributed by atoms with Gasteiger partial charge in [0.05, 0.1) is 5.97 Å². The molecule has 0 aliphatic carbocycles. The molecule has 0 aromatic rings. The second-order valence-electron chi connectivity index (χ2n) is 1.41. The van der Waals surface area contributed by atoms with E-state index >= 15 is 0 Å². The standard InChI is InChI=1S/C4H6O4S.2K/c5-3(6)1-2(9)4(7)8;;/h2,9H,1H2,(H,5,6)(H,7,8);;/q;2*+1/p-2/t2-;;/m0../s1. The number of carbonyl (C=O) groups is 2. The SMILES string of the molecule is O=C([O-])C[C@H](S)C(=O)[O-].[K+].[K+]. The Labute approximate surface area is 155 Å². The van der Waals surface area contributed by atoms with Gasteiger partial charge in [-0.1, -0.05) is 0 Å². The number of rotatable bonds is 3. The van der Waals surface area contributed by atoms with Gasteiger partial charge in [-0.15, -0.1) is 0 Å². The Balaban J connectivity index is -0.000000320. The minimum absolute atomic E-state index is 0. The molecule has 0 N–H and O–H groups in total. The summed E-state index contributed by atoms with van der Waals surface area (Å²) in [4.78, 5) is 19.4. The maximum Gasteiger partial charge on any atom is 1.00 e. The van der Waals surface area contributed by atoms with Gasteiger partial charge in [0.1, 0.15) is 0 Å². The molecule has 0 bridgehead atoms. The van der Waals surface area contributed by atoms with Crippen LogP contribution in [0.4, 0.5) is 0 Å². The van der Waals surface area contributed by atoms with Crippen LogP contribution in [0.3, 0.4) is 0 Å². The largest absolute Gasteiger partial charge is 1.00 e. The van der Waals surface area contributed by atoms with Gasteiger partial charge in [0.15, 0.2) is 0 Å². The van der Waals surface area contributed by atoms with Gasteiger partial charge in [0.25, 0.3) is 0 Å². The van der Waals surface area contributed by atoms with Gasteiger partial charge in [0.2, 0.25) is 0 Å². The average Bonchev–Trinajstić information content (AvgIpc) is 1.63. The molecule has 1 atom stereocenters. The van der Waals surface area contributed by atoms with Crippen LogP contribution in [-0.2, 0) is 9.59 Å². The van der Waals surface area contributed by atoms with E-state index in [1.807, 2.05) is 0 Å². The number of thiol groups is 1. The van der Waals surface area contributed by atoms with Crippen molar-refractivity contribution < 1.29 is 123 Å². The van der Waals surface area contributed by atoms with E-state index in [0.29, 0.717) is 0 Å². The van der Waals surface area contributed by atoms with E-state index in [-0.39, 0.29) is 103 Å². The van der Waals surface area contributed by atoms with Crippen molar-refractivity contribution in [2.75, 3.05) is 0 Å². The van der Waals surface area contributed by atoms with Crippen molar-refractivity contribution in [3.8, 4) is 0 Å². The van der Waals surface area contributed by atoms with Crippen LogP contribution in [0.1, 0.15) is 6.42 Å². The van der Waals surface area contributed by atoms with Crippen LogP contribution in [0, 0.1) is 0 Å². The fourth-order valence-corrected chi connectivity index (χ4v) is 0.390. The molecule has 0 unspecified atom stereocenters. The maximum atomic E-state index is 9.76. The van der Waals surface area contributed by atoms with E-state index in [1.54, 1.807) is 0 Å². The Morgan fingerprint density at radius 1 is 1.27 bits per heavy atom. The molecular formula is C4H4K2O4S. The predicted molar refractivity (Wildman–Crippen MR) is 27.4 cm³/mol. The van der Waals surface area contributed by atoms with E-state index in [2.05, 4.69) is 12.6 Å². The normalized spacial score (nSPS) is 10.3. The molecule has 52 valence electrons.